The van der Waals surface area contributed by atoms with Gasteiger partial charge in [0, 0.05) is 32.3 Å². The van der Waals surface area contributed by atoms with E-state index in [-0.39, 0.29) is 0 Å². The molecule has 0 unspecified atom stereocenters. The van der Waals surface area contributed by atoms with Crippen LogP contribution in [0.4, 0.5) is 0 Å². The van der Waals surface area contributed by atoms with Crippen molar-refractivity contribution in [1.82, 2.24) is 19.8 Å². The summed E-state index contributed by atoms with van der Waals surface area (Å²) in [5.74, 6) is 0. The van der Waals surface area contributed by atoms with E-state index >= 15 is 0 Å². The van der Waals surface area contributed by atoms with Crippen LogP contribution >= 0.6 is 0 Å². The molecule has 104 valence electrons. The minimum absolute atomic E-state index is 1.03. The predicted molar refractivity (Wildman–Crippen MR) is 76.9 cm³/mol. The third kappa shape index (κ3) is 5.65. The van der Waals surface area contributed by atoms with Gasteiger partial charge in [0.15, 0.2) is 0 Å². The van der Waals surface area contributed by atoms with E-state index in [2.05, 4.69) is 46.7 Å². The summed E-state index contributed by atoms with van der Waals surface area (Å²) in [6.45, 7) is 13.1. The predicted octanol–water partition coefficient (Wildman–Crippen LogP) is 1.77. The van der Waals surface area contributed by atoms with E-state index in [9.17, 15) is 0 Å². The van der Waals surface area contributed by atoms with E-state index in [1.165, 1.54) is 12.1 Å². The Morgan fingerprint density at radius 2 is 2.00 bits per heavy atom. The van der Waals surface area contributed by atoms with Crippen LogP contribution < -0.4 is 5.32 Å². The van der Waals surface area contributed by atoms with Crippen LogP contribution in [-0.2, 0) is 13.0 Å². The molecule has 0 aliphatic carbocycles. The lowest BCUT2D eigenvalue weighted by atomic mass is 10.3. The molecule has 0 radical (unpaired) electrons. The van der Waals surface area contributed by atoms with Crippen LogP contribution in [-0.4, -0.2) is 47.2 Å². The molecule has 0 bridgehead atoms. The number of hydrogen-bond acceptors (Lipinski definition) is 3. The first-order valence-electron chi connectivity index (χ1n) is 7.23. The lowest BCUT2D eigenvalue weighted by Crippen LogP contribution is -2.26. The Morgan fingerprint density at radius 1 is 1.22 bits per heavy atom. The Balaban J connectivity index is 2.25. The fraction of sp³-hybridized carbons (Fsp3) is 0.786. The topological polar surface area (TPSA) is 33.1 Å². The molecular weight excluding hydrogens is 224 g/mol. The fourth-order valence-electron chi connectivity index (χ4n) is 1.97. The number of aromatic nitrogens is 2. The van der Waals surface area contributed by atoms with E-state index in [0.29, 0.717) is 0 Å². The average Bonchev–Trinajstić information content (AvgIpc) is 2.84. The smallest absolute Gasteiger partial charge is 0.0949 e. The molecule has 1 aromatic rings. The molecule has 4 nitrogen and oxygen atoms in total. The van der Waals surface area contributed by atoms with Gasteiger partial charge < -0.3 is 14.8 Å². The van der Waals surface area contributed by atoms with Gasteiger partial charge >= 0.3 is 0 Å². The minimum Gasteiger partial charge on any atom is -0.336 e. The highest BCUT2D eigenvalue weighted by Gasteiger charge is 2.01. The molecule has 18 heavy (non-hydrogen) atoms. The van der Waals surface area contributed by atoms with Crippen molar-refractivity contribution in [2.75, 3.05) is 32.7 Å². The van der Waals surface area contributed by atoms with Gasteiger partial charge in [-0.05, 0) is 26.1 Å². The van der Waals surface area contributed by atoms with E-state index in [4.69, 9.17) is 0 Å². The summed E-state index contributed by atoms with van der Waals surface area (Å²) in [7, 11) is 0. The summed E-state index contributed by atoms with van der Waals surface area (Å²) in [5, 5.41) is 3.40. The lowest BCUT2D eigenvalue weighted by molar-refractivity contribution is 0.290. The molecule has 0 fully saturated rings. The van der Waals surface area contributed by atoms with Gasteiger partial charge in [0.2, 0.25) is 0 Å². The summed E-state index contributed by atoms with van der Waals surface area (Å²) in [5.41, 5.74) is 1.19. The van der Waals surface area contributed by atoms with Crippen LogP contribution in [0.15, 0.2) is 12.5 Å². The molecule has 0 atom stereocenters. The third-order valence-electron chi connectivity index (χ3n) is 3.24. The molecule has 1 N–H and O–H groups in total. The quantitative estimate of drug-likeness (QED) is 0.644. The van der Waals surface area contributed by atoms with Crippen molar-refractivity contribution < 1.29 is 0 Å². The molecule has 0 aliphatic rings. The van der Waals surface area contributed by atoms with Gasteiger partial charge in [-0.3, -0.25) is 0 Å². The molecule has 0 aromatic carbocycles. The Morgan fingerprint density at radius 3 is 2.67 bits per heavy atom. The van der Waals surface area contributed by atoms with Crippen molar-refractivity contribution in [3.8, 4) is 0 Å². The maximum atomic E-state index is 4.45. The lowest BCUT2D eigenvalue weighted by Gasteiger charge is -2.17. The minimum atomic E-state index is 1.03. The van der Waals surface area contributed by atoms with Gasteiger partial charge in [-0.1, -0.05) is 20.8 Å². The van der Waals surface area contributed by atoms with E-state index < -0.39 is 0 Å². The number of likely N-dealkylation sites (N-methyl/N-ethyl adjacent to an activating group) is 1. The standard InChI is InChI=1S/C14H28N4/c1-4-8-15-9-7-14-12-18(13-16-14)11-10-17(5-2)6-3/h12-13,15H,4-11H2,1-3H3. The zero-order valence-corrected chi connectivity index (χ0v) is 12.2. The van der Waals surface area contributed by atoms with Gasteiger partial charge in [-0.2, -0.15) is 0 Å². The second kappa shape index (κ2) is 9.11. The highest BCUT2D eigenvalue weighted by atomic mass is 15.1. The van der Waals surface area contributed by atoms with Gasteiger partial charge in [0.25, 0.3) is 0 Å². The van der Waals surface area contributed by atoms with Crippen LogP contribution in [0.1, 0.15) is 32.9 Å². The van der Waals surface area contributed by atoms with E-state index in [0.717, 1.165) is 45.7 Å². The SMILES string of the molecule is CCCNCCc1cn(CCN(CC)CC)cn1. The summed E-state index contributed by atoms with van der Waals surface area (Å²) >= 11 is 0. The Bertz CT molecular complexity index is 304. The third-order valence-corrected chi connectivity index (χ3v) is 3.24. The molecule has 0 spiro atoms. The van der Waals surface area contributed by atoms with Crippen LogP contribution in [0, 0.1) is 0 Å². The second-order valence-electron chi connectivity index (χ2n) is 4.63. The zero-order chi connectivity index (χ0) is 13.2. The first-order chi connectivity index (χ1) is 8.80. The molecule has 0 amide bonds. The number of nitrogens with zero attached hydrogens (tertiary/aromatic N) is 3. The molecule has 1 rings (SSSR count). The van der Waals surface area contributed by atoms with Gasteiger partial charge in [-0.25, -0.2) is 4.98 Å². The maximum absolute atomic E-state index is 4.45. The Hall–Kier alpha value is -0.870. The highest BCUT2D eigenvalue weighted by molar-refractivity contribution is 4.97. The second-order valence-corrected chi connectivity index (χ2v) is 4.63. The first kappa shape index (κ1) is 15.2. The molecule has 0 aliphatic heterocycles. The summed E-state index contributed by atoms with van der Waals surface area (Å²) in [6.07, 6.45) is 6.35. The number of nitrogens with one attached hydrogen (secondary N) is 1. The van der Waals surface area contributed by atoms with Crippen molar-refractivity contribution in [3.63, 3.8) is 0 Å². The summed E-state index contributed by atoms with van der Waals surface area (Å²) < 4.78 is 2.20. The zero-order valence-electron chi connectivity index (χ0n) is 12.2. The Kier molecular flexibility index (Phi) is 7.69. The van der Waals surface area contributed by atoms with Crippen LogP contribution in [0.3, 0.4) is 0 Å². The number of hydrogen-bond donors (Lipinski definition) is 1. The molecule has 0 saturated heterocycles. The van der Waals surface area contributed by atoms with Crippen molar-refractivity contribution in [2.24, 2.45) is 0 Å². The Labute approximate surface area is 111 Å². The van der Waals surface area contributed by atoms with Gasteiger partial charge in [0.05, 0.1) is 12.0 Å². The maximum Gasteiger partial charge on any atom is 0.0949 e. The summed E-state index contributed by atoms with van der Waals surface area (Å²) in [4.78, 5) is 6.88. The van der Waals surface area contributed by atoms with E-state index in [1.54, 1.807) is 0 Å². The van der Waals surface area contributed by atoms with E-state index in [1.807, 2.05) is 6.33 Å². The molecule has 0 saturated carbocycles. The van der Waals surface area contributed by atoms with Crippen molar-refractivity contribution in [2.45, 2.75) is 40.2 Å². The van der Waals surface area contributed by atoms with Crippen molar-refractivity contribution in [3.05, 3.63) is 18.2 Å². The monoisotopic (exact) mass is 252 g/mol. The number of rotatable bonds is 10. The fourth-order valence-corrected chi connectivity index (χ4v) is 1.97. The molecule has 1 heterocycles. The van der Waals surface area contributed by atoms with Crippen molar-refractivity contribution in [1.29, 1.82) is 0 Å². The van der Waals surface area contributed by atoms with Gasteiger partial charge in [-0.15, -0.1) is 0 Å². The largest absolute Gasteiger partial charge is 0.336 e. The molecular formula is C14H28N4. The van der Waals surface area contributed by atoms with Crippen LogP contribution in [0.2, 0.25) is 0 Å². The first-order valence-corrected chi connectivity index (χ1v) is 7.23. The average molecular weight is 252 g/mol. The molecule has 4 heteroatoms. The van der Waals surface area contributed by atoms with Crippen LogP contribution in [0.25, 0.3) is 0 Å². The van der Waals surface area contributed by atoms with Crippen molar-refractivity contribution >= 4 is 0 Å². The normalized spacial score (nSPS) is 11.3. The highest BCUT2D eigenvalue weighted by Crippen LogP contribution is 1.98. The molecule has 1 aromatic heterocycles. The van der Waals surface area contributed by atoms with Crippen LogP contribution in [0.5, 0.6) is 0 Å². The summed E-state index contributed by atoms with van der Waals surface area (Å²) in [6, 6.07) is 0. The number of imidazole rings is 1. The van der Waals surface area contributed by atoms with Gasteiger partial charge in [0.1, 0.15) is 0 Å².